The molecular formula is C12H11F2N. The van der Waals surface area contributed by atoms with E-state index in [2.05, 4.69) is 6.58 Å². The number of nitrogens with zero attached hydrogens (tertiary/aromatic N) is 1. The lowest BCUT2D eigenvalue weighted by atomic mass is 9.81. The first-order chi connectivity index (χ1) is 7.03. The lowest BCUT2D eigenvalue weighted by molar-refractivity contribution is 0.526. The fourth-order valence-electron chi connectivity index (χ4n) is 1.44. The fraction of sp³-hybridized carbons (Fsp3) is 0.250. The predicted octanol–water partition coefficient (Wildman–Crippen LogP) is 3.32. The van der Waals surface area contributed by atoms with Gasteiger partial charge in [0.15, 0.2) is 0 Å². The molecule has 1 aromatic rings. The van der Waals surface area contributed by atoms with Gasteiger partial charge in [-0.1, -0.05) is 12.1 Å². The average molecular weight is 207 g/mol. The molecule has 15 heavy (non-hydrogen) atoms. The van der Waals surface area contributed by atoms with Gasteiger partial charge in [-0.2, -0.15) is 5.26 Å². The summed E-state index contributed by atoms with van der Waals surface area (Å²) in [5, 5.41) is 9.01. The molecule has 1 aromatic carbocycles. The third-order valence-corrected chi connectivity index (χ3v) is 2.32. The highest BCUT2D eigenvalue weighted by Gasteiger charge is 2.28. The maximum absolute atomic E-state index is 13.4. The minimum atomic E-state index is -0.987. The normalized spacial score (nSPS) is 14.0. The summed E-state index contributed by atoms with van der Waals surface area (Å²) in [6.07, 6.45) is 1.87. The second-order valence-corrected chi connectivity index (χ2v) is 3.56. The molecular weight excluding hydrogens is 196 g/mol. The molecule has 1 rings (SSSR count). The second kappa shape index (κ2) is 4.22. The molecule has 0 aromatic heterocycles. The van der Waals surface area contributed by atoms with Gasteiger partial charge in [-0.05, 0) is 19.4 Å². The monoisotopic (exact) mass is 207 g/mol. The van der Waals surface area contributed by atoms with Gasteiger partial charge in [0.25, 0.3) is 0 Å². The molecule has 0 amide bonds. The molecule has 1 nitrogen and oxygen atoms in total. The number of halogens is 2. The summed E-state index contributed by atoms with van der Waals surface area (Å²) in [5.74, 6) is -1.34. The van der Waals surface area contributed by atoms with Crippen LogP contribution in [0, 0.1) is 23.0 Å². The van der Waals surface area contributed by atoms with Crippen molar-refractivity contribution in [3.05, 3.63) is 48.1 Å². The van der Waals surface area contributed by atoms with Gasteiger partial charge in [-0.3, -0.25) is 0 Å². The van der Waals surface area contributed by atoms with Crippen LogP contribution in [0.2, 0.25) is 0 Å². The Balaban J connectivity index is 3.25. The number of hydrogen-bond donors (Lipinski definition) is 0. The minimum absolute atomic E-state index is 0.200. The second-order valence-electron chi connectivity index (χ2n) is 3.56. The van der Waals surface area contributed by atoms with Crippen molar-refractivity contribution in [1.29, 1.82) is 5.26 Å². The summed E-state index contributed by atoms with van der Waals surface area (Å²) in [6, 6.07) is 5.26. The standard InChI is InChI=1S/C12H11F2N/c1-3-6-12(2,8-15)10-5-4-9(13)7-11(10)14/h3-5,7H,1,6H2,2H3. The molecule has 0 spiro atoms. The van der Waals surface area contributed by atoms with Crippen molar-refractivity contribution in [3.63, 3.8) is 0 Å². The van der Waals surface area contributed by atoms with Crippen LogP contribution in [0.25, 0.3) is 0 Å². The SMILES string of the molecule is C=CCC(C)(C#N)c1ccc(F)cc1F. The van der Waals surface area contributed by atoms with Gasteiger partial charge >= 0.3 is 0 Å². The topological polar surface area (TPSA) is 23.8 Å². The first kappa shape index (κ1) is 11.4. The Hall–Kier alpha value is -1.69. The zero-order valence-electron chi connectivity index (χ0n) is 8.43. The van der Waals surface area contributed by atoms with Crippen LogP contribution in [0.3, 0.4) is 0 Å². The van der Waals surface area contributed by atoms with E-state index in [0.29, 0.717) is 6.42 Å². The quantitative estimate of drug-likeness (QED) is 0.697. The van der Waals surface area contributed by atoms with Crippen LogP contribution in [0.5, 0.6) is 0 Å². The largest absolute Gasteiger partial charge is 0.207 e. The van der Waals surface area contributed by atoms with E-state index in [1.54, 1.807) is 13.0 Å². The maximum atomic E-state index is 13.4. The highest BCUT2D eigenvalue weighted by Crippen LogP contribution is 2.29. The number of allylic oxidation sites excluding steroid dienone is 1. The van der Waals surface area contributed by atoms with Gasteiger partial charge in [0.05, 0.1) is 11.5 Å². The molecule has 0 bridgehead atoms. The molecule has 0 aliphatic carbocycles. The molecule has 78 valence electrons. The van der Waals surface area contributed by atoms with E-state index in [0.717, 1.165) is 12.1 Å². The van der Waals surface area contributed by atoms with Crippen molar-refractivity contribution in [1.82, 2.24) is 0 Å². The third kappa shape index (κ3) is 2.21. The zero-order chi connectivity index (χ0) is 11.5. The summed E-state index contributed by atoms with van der Waals surface area (Å²) in [6.45, 7) is 5.12. The number of rotatable bonds is 3. The predicted molar refractivity (Wildman–Crippen MR) is 54.1 cm³/mol. The van der Waals surface area contributed by atoms with Crippen LogP contribution < -0.4 is 0 Å². The van der Waals surface area contributed by atoms with Crippen molar-refractivity contribution >= 4 is 0 Å². The maximum Gasteiger partial charge on any atom is 0.130 e. The number of benzene rings is 1. The molecule has 0 heterocycles. The summed E-state index contributed by atoms with van der Waals surface area (Å²) in [4.78, 5) is 0. The van der Waals surface area contributed by atoms with Crippen molar-refractivity contribution in [2.45, 2.75) is 18.8 Å². The minimum Gasteiger partial charge on any atom is -0.207 e. The van der Waals surface area contributed by atoms with Crippen LogP contribution in [0.1, 0.15) is 18.9 Å². The van der Waals surface area contributed by atoms with Crippen molar-refractivity contribution in [2.24, 2.45) is 0 Å². The van der Waals surface area contributed by atoms with E-state index in [4.69, 9.17) is 5.26 Å². The van der Waals surface area contributed by atoms with Gasteiger partial charge in [0, 0.05) is 11.6 Å². The molecule has 1 atom stereocenters. The Morgan fingerprint density at radius 1 is 1.53 bits per heavy atom. The van der Waals surface area contributed by atoms with Gasteiger partial charge < -0.3 is 0 Å². The van der Waals surface area contributed by atoms with E-state index < -0.39 is 17.0 Å². The molecule has 0 N–H and O–H groups in total. The van der Waals surface area contributed by atoms with Crippen LogP contribution in [-0.2, 0) is 5.41 Å². The zero-order valence-corrected chi connectivity index (χ0v) is 8.43. The molecule has 0 saturated carbocycles. The van der Waals surface area contributed by atoms with Gasteiger partial charge in [-0.25, -0.2) is 8.78 Å². The summed E-state index contributed by atoms with van der Waals surface area (Å²) >= 11 is 0. The van der Waals surface area contributed by atoms with E-state index in [-0.39, 0.29) is 5.56 Å². The Labute approximate surface area is 87.7 Å². The molecule has 0 aliphatic rings. The van der Waals surface area contributed by atoms with Crippen molar-refractivity contribution < 1.29 is 8.78 Å². The summed E-state index contributed by atoms with van der Waals surface area (Å²) < 4.78 is 26.1. The lowest BCUT2D eigenvalue weighted by Gasteiger charge is -2.20. The average Bonchev–Trinajstić information content (AvgIpc) is 2.17. The van der Waals surface area contributed by atoms with Crippen LogP contribution in [0.15, 0.2) is 30.9 Å². The van der Waals surface area contributed by atoms with Crippen molar-refractivity contribution in [3.8, 4) is 6.07 Å². The third-order valence-electron chi connectivity index (χ3n) is 2.32. The number of nitriles is 1. The molecule has 0 saturated heterocycles. The Morgan fingerprint density at radius 3 is 2.67 bits per heavy atom. The highest BCUT2D eigenvalue weighted by atomic mass is 19.1. The van der Waals surface area contributed by atoms with Crippen LogP contribution >= 0.6 is 0 Å². The van der Waals surface area contributed by atoms with Crippen LogP contribution in [-0.4, -0.2) is 0 Å². The van der Waals surface area contributed by atoms with E-state index in [1.807, 2.05) is 6.07 Å². The van der Waals surface area contributed by atoms with Gasteiger partial charge in [0.1, 0.15) is 11.6 Å². The lowest BCUT2D eigenvalue weighted by Crippen LogP contribution is -2.20. The molecule has 0 radical (unpaired) electrons. The van der Waals surface area contributed by atoms with E-state index >= 15 is 0 Å². The smallest absolute Gasteiger partial charge is 0.130 e. The molecule has 3 heteroatoms. The fourth-order valence-corrected chi connectivity index (χ4v) is 1.44. The van der Waals surface area contributed by atoms with E-state index in [9.17, 15) is 8.78 Å². The summed E-state index contributed by atoms with van der Waals surface area (Å²) in [7, 11) is 0. The Bertz CT molecular complexity index is 420. The van der Waals surface area contributed by atoms with Crippen LogP contribution in [0.4, 0.5) is 8.78 Å². The Morgan fingerprint density at radius 2 is 2.20 bits per heavy atom. The first-order valence-electron chi connectivity index (χ1n) is 4.51. The highest BCUT2D eigenvalue weighted by molar-refractivity contribution is 5.33. The van der Waals surface area contributed by atoms with E-state index in [1.165, 1.54) is 6.07 Å². The van der Waals surface area contributed by atoms with Gasteiger partial charge in [-0.15, -0.1) is 6.58 Å². The Kier molecular flexibility index (Phi) is 3.21. The number of hydrogen-bond acceptors (Lipinski definition) is 1. The molecule has 0 fully saturated rings. The first-order valence-corrected chi connectivity index (χ1v) is 4.51. The summed E-state index contributed by atoms with van der Waals surface area (Å²) in [5.41, 5.74) is -0.786. The molecule has 1 unspecified atom stereocenters. The molecule has 0 aliphatic heterocycles. The van der Waals surface area contributed by atoms with Gasteiger partial charge in [0.2, 0.25) is 0 Å². The van der Waals surface area contributed by atoms with Crippen molar-refractivity contribution in [2.75, 3.05) is 0 Å².